The molecule has 3 aromatic rings. The van der Waals surface area contributed by atoms with Gasteiger partial charge in [-0.1, -0.05) is 48.9 Å². The predicted molar refractivity (Wildman–Crippen MR) is 117 cm³/mol. The van der Waals surface area contributed by atoms with E-state index in [1.165, 1.54) is 14.0 Å². The van der Waals surface area contributed by atoms with Gasteiger partial charge >= 0.3 is 0 Å². The first-order chi connectivity index (χ1) is 13.9. The van der Waals surface area contributed by atoms with Crippen molar-refractivity contribution < 1.29 is 14.3 Å². The molecule has 0 fully saturated rings. The zero-order valence-electron chi connectivity index (χ0n) is 16.6. The summed E-state index contributed by atoms with van der Waals surface area (Å²) in [7, 11) is 1.50. The molecule has 0 aliphatic rings. The molecule has 0 saturated carbocycles. The van der Waals surface area contributed by atoms with Crippen LogP contribution in [0, 0.1) is 0 Å². The smallest absolute Gasteiger partial charge is 0.173 e. The molecule has 150 valence electrons. The lowest BCUT2D eigenvalue weighted by Crippen LogP contribution is -2.07. The van der Waals surface area contributed by atoms with Gasteiger partial charge in [0.15, 0.2) is 5.78 Å². The molecule has 0 spiro atoms. The minimum absolute atomic E-state index is 0.00338. The third-order valence-electron chi connectivity index (χ3n) is 4.53. The number of nitrogens with zero attached hydrogens (tertiary/aromatic N) is 1. The van der Waals surface area contributed by atoms with Gasteiger partial charge in [0.1, 0.15) is 16.5 Å². The molecule has 0 aliphatic heterocycles. The van der Waals surface area contributed by atoms with Gasteiger partial charge in [0.2, 0.25) is 0 Å². The number of thiazole rings is 1. The Kier molecular flexibility index (Phi) is 6.83. The molecule has 6 heteroatoms. The van der Waals surface area contributed by atoms with Crippen molar-refractivity contribution in [1.82, 2.24) is 4.98 Å². The summed E-state index contributed by atoms with van der Waals surface area (Å²) in [5.41, 5.74) is 3.04. The van der Waals surface area contributed by atoms with Crippen molar-refractivity contribution in [2.45, 2.75) is 33.1 Å². The predicted octanol–water partition coefficient (Wildman–Crippen LogP) is 5.59. The van der Waals surface area contributed by atoms with E-state index in [1.807, 2.05) is 30.3 Å². The second-order valence-corrected chi connectivity index (χ2v) is 8.30. The summed E-state index contributed by atoms with van der Waals surface area (Å²) in [4.78, 5) is 30.3. The number of benzene rings is 2. The quantitative estimate of drug-likeness (QED) is 0.439. The molecule has 4 nitrogen and oxygen atoms in total. The Morgan fingerprint density at radius 3 is 2.48 bits per heavy atom. The normalized spacial score (nSPS) is 10.8. The molecule has 0 atom stereocenters. The van der Waals surface area contributed by atoms with Crippen LogP contribution in [-0.4, -0.2) is 23.7 Å². The summed E-state index contributed by atoms with van der Waals surface area (Å²) in [5.74, 6) is 0.302. The highest BCUT2D eigenvalue weighted by molar-refractivity contribution is 7.12. The number of hydrogen-bond acceptors (Lipinski definition) is 5. The van der Waals surface area contributed by atoms with E-state index in [1.54, 1.807) is 23.5 Å². The summed E-state index contributed by atoms with van der Waals surface area (Å²) in [6.45, 7) is 3.59. The average molecular weight is 428 g/mol. The van der Waals surface area contributed by atoms with Gasteiger partial charge in [-0.2, -0.15) is 0 Å². The van der Waals surface area contributed by atoms with E-state index in [0.29, 0.717) is 21.9 Å². The van der Waals surface area contributed by atoms with E-state index in [-0.39, 0.29) is 24.4 Å². The molecule has 3 rings (SSSR count). The summed E-state index contributed by atoms with van der Waals surface area (Å²) in [6.07, 6.45) is 1.23. The van der Waals surface area contributed by atoms with E-state index in [2.05, 4.69) is 6.92 Å². The van der Waals surface area contributed by atoms with Crippen LogP contribution in [0.3, 0.4) is 0 Å². The van der Waals surface area contributed by atoms with E-state index in [0.717, 1.165) is 27.6 Å². The molecule has 0 saturated heterocycles. The van der Waals surface area contributed by atoms with Crippen molar-refractivity contribution in [2.75, 3.05) is 7.11 Å². The zero-order valence-corrected chi connectivity index (χ0v) is 18.2. The summed E-state index contributed by atoms with van der Waals surface area (Å²) in [6, 6.07) is 13.2. The van der Waals surface area contributed by atoms with Gasteiger partial charge in [-0.25, -0.2) is 4.98 Å². The van der Waals surface area contributed by atoms with Crippen LogP contribution in [0.4, 0.5) is 0 Å². The fraction of sp³-hybridized carbons (Fsp3) is 0.261. The SMILES string of the molecule is CCc1sc(CC(=O)c2cc(Cl)c(CC(C)=O)cc2OC)nc1-c1ccccc1. The molecule has 0 bridgehead atoms. The maximum atomic E-state index is 13.0. The highest BCUT2D eigenvalue weighted by Crippen LogP contribution is 2.32. The number of aryl methyl sites for hydroxylation is 1. The molecule has 1 heterocycles. The van der Waals surface area contributed by atoms with Crippen LogP contribution in [0.2, 0.25) is 5.02 Å². The standard InChI is InChI=1S/C23H22ClNO3S/c1-4-21-23(15-8-6-5-7-9-15)25-22(29-21)13-19(27)17-12-18(24)16(10-14(2)26)11-20(17)28-3/h5-9,11-12H,4,10,13H2,1-3H3. The van der Waals surface area contributed by atoms with Crippen molar-refractivity contribution in [3.63, 3.8) is 0 Å². The topological polar surface area (TPSA) is 56.3 Å². The van der Waals surface area contributed by atoms with Gasteiger partial charge in [0, 0.05) is 21.9 Å². The number of halogens is 1. The summed E-state index contributed by atoms with van der Waals surface area (Å²) >= 11 is 7.86. The maximum absolute atomic E-state index is 13.0. The number of ether oxygens (including phenoxy) is 1. The van der Waals surface area contributed by atoms with Crippen LogP contribution in [-0.2, 0) is 24.1 Å². The number of methoxy groups -OCH3 is 1. The van der Waals surface area contributed by atoms with Crippen LogP contribution in [0.1, 0.15) is 39.7 Å². The third kappa shape index (κ3) is 4.92. The minimum Gasteiger partial charge on any atom is -0.496 e. The van der Waals surface area contributed by atoms with Crippen LogP contribution in [0.25, 0.3) is 11.3 Å². The van der Waals surface area contributed by atoms with Crippen molar-refractivity contribution in [2.24, 2.45) is 0 Å². The molecule has 1 aromatic heterocycles. The van der Waals surface area contributed by atoms with Gasteiger partial charge in [-0.3, -0.25) is 9.59 Å². The van der Waals surface area contributed by atoms with Crippen molar-refractivity contribution in [3.8, 4) is 17.0 Å². The van der Waals surface area contributed by atoms with Gasteiger partial charge in [0.25, 0.3) is 0 Å². The van der Waals surface area contributed by atoms with Crippen LogP contribution in [0.5, 0.6) is 5.75 Å². The van der Waals surface area contributed by atoms with Crippen LogP contribution in [0.15, 0.2) is 42.5 Å². The Hall–Kier alpha value is -2.50. The second kappa shape index (κ2) is 9.33. The first kappa shape index (κ1) is 21.2. The Morgan fingerprint density at radius 2 is 1.86 bits per heavy atom. The maximum Gasteiger partial charge on any atom is 0.173 e. The third-order valence-corrected chi connectivity index (χ3v) is 6.08. The lowest BCUT2D eigenvalue weighted by Gasteiger charge is -2.11. The molecule has 0 amide bonds. The Morgan fingerprint density at radius 1 is 1.14 bits per heavy atom. The van der Waals surface area contributed by atoms with E-state index >= 15 is 0 Å². The summed E-state index contributed by atoms with van der Waals surface area (Å²) < 4.78 is 5.39. The number of rotatable bonds is 8. The van der Waals surface area contributed by atoms with E-state index in [4.69, 9.17) is 21.3 Å². The first-order valence-corrected chi connectivity index (χ1v) is 10.5. The molecular weight excluding hydrogens is 406 g/mol. The van der Waals surface area contributed by atoms with Gasteiger partial charge in [0.05, 0.1) is 24.8 Å². The summed E-state index contributed by atoms with van der Waals surface area (Å²) in [5, 5.41) is 1.15. The lowest BCUT2D eigenvalue weighted by atomic mass is 10.0. The number of aromatic nitrogens is 1. The first-order valence-electron chi connectivity index (χ1n) is 9.36. The number of ketones is 2. The van der Waals surface area contributed by atoms with Gasteiger partial charge < -0.3 is 4.74 Å². The van der Waals surface area contributed by atoms with Crippen LogP contribution < -0.4 is 4.74 Å². The fourth-order valence-corrected chi connectivity index (χ4v) is 4.42. The lowest BCUT2D eigenvalue weighted by molar-refractivity contribution is -0.116. The Labute approximate surface area is 179 Å². The Bertz CT molecular complexity index is 1040. The van der Waals surface area contributed by atoms with Crippen molar-refractivity contribution in [3.05, 3.63) is 68.5 Å². The molecule has 29 heavy (non-hydrogen) atoms. The zero-order chi connectivity index (χ0) is 21.0. The monoisotopic (exact) mass is 427 g/mol. The van der Waals surface area contributed by atoms with Crippen LogP contribution >= 0.6 is 22.9 Å². The molecule has 0 N–H and O–H groups in total. The number of hydrogen-bond donors (Lipinski definition) is 0. The second-order valence-electron chi connectivity index (χ2n) is 6.72. The molecular formula is C23H22ClNO3S. The molecule has 0 radical (unpaired) electrons. The van der Waals surface area contributed by atoms with Crippen molar-refractivity contribution in [1.29, 1.82) is 0 Å². The van der Waals surface area contributed by atoms with E-state index in [9.17, 15) is 9.59 Å². The fourth-order valence-electron chi connectivity index (χ4n) is 3.16. The molecule has 0 aliphatic carbocycles. The number of Topliss-reactive ketones (excluding diaryl/α,β-unsaturated/α-hetero) is 2. The Balaban J connectivity index is 1.90. The molecule has 0 unspecified atom stereocenters. The largest absolute Gasteiger partial charge is 0.496 e. The van der Waals surface area contributed by atoms with Gasteiger partial charge in [-0.05, 0) is 31.0 Å². The highest BCUT2D eigenvalue weighted by atomic mass is 35.5. The van der Waals surface area contributed by atoms with Crippen molar-refractivity contribution >= 4 is 34.5 Å². The van der Waals surface area contributed by atoms with Gasteiger partial charge in [-0.15, -0.1) is 11.3 Å². The highest BCUT2D eigenvalue weighted by Gasteiger charge is 2.20. The van der Waals surface area contributed by atoms with E-state index < -0.39 is 0 Å². The number of carbonyl (C=O) groups is 2. The number of carbonyl (C=O) groups excluding carboxylic acids is 2. The average Bonchev–Trinajstić information content (AvgIpc) is 3.12. The molecule has 2 aromatic carbocycles. The minimum atomic E-state index is -0.117.